The number of benzene rings is 2. The highest BCUT2D eigenvalue weighted by Crippen LogP contribution is 2.25. The van der Waals surface area contributed by atoms with Crippen LogP contribution in [0.4, 0.5) is 4.39 Å². The molecule has 0 spiro atoms. The number of aromatic nitrogens is 2. The molecule has 2 aromatic carbocycles. The Morgan fingerprint density at radius 1 is 1.19 bits per heavy atom. The molecule has 0 aliphatic heterocycles. The number of imidazole rings is 1. The predicted octanol–water partition coefficient (Wildman–Crippen LogP) is 3.58. The van der Waals surface area contributed by atoms with E-state index < -0.39 is 0 Å². The van der Waals surface area contributed by atoms with E-state index in [0.29, 0.717) is 6.54 Å². The molecule has 1 unspecified atom stereocenters. The van der Waals surface area contributed by atoms with E-state index in [1.165, 1.54) is 12.1 Å². The van der Waals surface area contributed by atoms with Crippen LogP contribution in [-0.4, -0.2) is 15.6 Å². The topological polar surface area (TPSA) is 43.8 Å². The second kappa shape index (κ2) is 5.66. The van der Waals surface area contributed by atoms with Crippen LogP contribution in [0, 0.1) is 5.82 Å². The summed E-state index contributed by atoms with van der Waals surface area (Å²) >= 11 is 0. The molecule has 0 fully saturated rings. The molecule has 108 valence electrons. The maximum atomic E-state index is 13.5. The van der Waals surface area contributed by atoms with Gasteiger partial charge in [-0.1, -0.05) is 31.2 Å². The van der Waals surface area contributed by atoms with Gasteiger partial charge in [0, 0.05) is 18.2 Å². The fraction of sp³-hybridized carbons (Fsp3) is 0.235. The van der Waals surface area contributed by atoms with Crippen molar-refractivity contribution in [3.8, 4) is 11.4 Å². The highest BCUT2D eigenvalue weighted by atomic mass is 19.1. The summed E-state index contributed by atoms with van der Waals surface area (Å²) < 4.78 is 15.6. The first-order valence-electron chi connectivity index (χ1n) is 7.16. The van der Waals surface area contributed by atoms with Crippen LogP contribution in [0.5, 0.6) is 0 Å². The standard InChI is InChI=1S/C17H18FN3/c1-2-14(19)11-21-16-9-4-3-8-15(16)20-17(21)12-6-5-7-13(18)10-12/h3-10,14H,2,11,19H2,1H3. The molecule has 1 heterocycles. The maximum Gasteiger partial charge on any atom is 0.141 e. The Hall–Kier alpha value is -2.20. The zero-order valence-corrected chi connectivity index (χ0v) is 12.0. The van der Waals surface area contributed by atoms with Crippen molar-refractivity contribution in [2.75, 3.05) is 0 Å². The van der Waals surface area contributed by atoms with Crippen LogP contribution in [0.3, 0.4) is 0 Å². The molecule has 3 aromatic rings. The molecule has 0 saturated heterocycles. The summed E-state index contributed by atoms with van der Waals surface area (Å²) in [6.07, 6.45) is 0.884. The molecule has 0 bridgehead atoms. The minimum atomic E-state index is -0.258. The van der Waals surface area contributed by atoms with Crippen LogP contribution in [-0.2, 0) is 6.54 Å². The van der Waals surface area contributed by atoms with Crippen molar-refractivity contribution in [3.63, 3.8) is 0 Å². The second-order valence-corrected chi connectivity index (χ2v) is 5.21. The van der Waals surface area contributed by atoms with Crippen LogP contribution in [0.15, 0.2) is 48.5 Å². The van der Waals surface area contributed by atoms with Gasteiger partial charge in [-0.3, -0.25) is 0 Å². The molecule has 0 amide bonds. The summed E-state index contributed by atoms with van der Waals surface area (Å²) in [7, 11) is 0. The van der Waals surface area contributed by atoms with Crippen LogP contribution in [0.2, 0.25) is 0 Å². The lowest BCUT2D eigenvalue weighted by molar-refractivity contribution is 0.551. The third-order valence-corrected chi connectivity index (χ3v) is 3.68. The third-order valence-electron chi connectivity index (χ3n) is 3.68. The van der Waals surface area contributed by atoms with Gasteiger partial charge < -0.3 is 10.3 Å². The molecule has 3 rings (SSSR count). The normalized spacial score (nSPS) is 12.7. The van der Waals surface area contributed by atoms with E-state index in [9.17, 15) is 4.39 Å². The van der Waals surface area contributed by atoms with Crippen molar-refractivity contribution < 1.29 is 4.39 Å². The highest BCUT2D eigenvalue weighted by Gasteiger charge is 2.14. The van der Waals surface area contributed by atoms with Crippen LogP contribution in [0.1, 0.15) is 13.3 Å². The largest absolute Gasteiger partial charge is 0.326 e. The van der Waals surface area contributed by atoms with E-state index in [0.717, 1.165) is 28.8 Å². The monoisotopic (exact) mass is 283 g/mol. The van der Waals surface area contributed by atoms with Crippen LogP contribution >= 0.6 is 0 Å². The molecule has 0 aliphatic carbocycles. The number of hydrogen-bond donors (Lipinski definition) is 1. The Balaban J connectivity index is 2.18. The first-order chi connectivity index (χ1) is 10.2. The molecule has 1 aromatic heterocycles. The Bertz CT molecular complexity index is 764. The van der Waals surface area contributed by atoms with E-state index in [2.05, 4.69) is 16.5 Å². The van der Waals surface area contributed by atoms with Crippen molar-refractivity contribution in [3.05, 3.63) is 54.3 Å². The lowest BCUT2D eigenvalue weighted by Crippen LogP contribution is -2.25. The van der Waals surface area contributed by atoms with E-state index in [1.807, 2.05) is 30.3 Å². The number of nitrogens with two attached hydrogens (primary N) is 1. The number of fused-ring (bicyclic) bond motifs is 1. The predicted molar refractivity (Wildman–Crippen MR) is 83.4 cm³/mol. The van der Waals surface area contributed by atoms with Crippen LogP contribution in [0.25, 0.3) is 22.4 Å². The quantitative estimate of drug-likeness (QED) is 0.795. The molecule has 2 N–H and O–H groups in total. The Labute approximate surface area is 123 Å². The van der Waals surface area contributed by atoms with Gasteiger partial charge in [0.15, 0.2) is 0 Å². The molecule has 0 saturated carbocycles. The fourth-order valence-electron chi connectivity index (χ4n) is 2.47. The van der Waals surface area contributed by atoms with Crippen molar-refractivity contribution >= 4 is 11.0 Å². The summed E-state index contributed by atoms with van der Waals surface area (Å²) in [6.45, 7) is 2.73. The average molecular weight is 283 g/mol. The lowest BCUT2D eigenvalue weighted by atomic mass is 10.2. The molecular formula is C17H18FN3. The van der Waals surface area contributed by atoms with Crippen LogP contribution < -0.4 is 5.73 Å². The second-order valence-electron chi connectivity index (χ2n) is 5.21. The Morgan fingerprint density at radius 2 is 2.00 bits per heavy atom. The molecule has 0 aliphatic rings. The maximum absolute atomic E-state index is 13.5. The Morgan fingerprint density at radius 3 is 2.76 bits per heavy atom. The van der Waals surface area contributed by atoms with Gasteiger partial charge in [-0.05, 0) is 30.7 Å². The van der Waals surface area contributed by atoms with Crippen molar-refractivity contribution in [2.24, 2.45) is 5.73 Å². The van der Waals surface area contributed by atoms with Gasteiger partial charge in [0.1, 0.15) is 11.6 Å². The third kappa shape index (κ3) is 2.67. The zero-order valence-electron chi connectivity index (χ0n) is 12.0. The summed E-state index contributed by atoms with van der Waals surface area (Å²) in [5, 5.41) is 0. The van der Waals surface area contributed by atoms with Gasteiger partial charge >= 0.3 is 0 Å². The molecule has 21 heavy (non-hydrogen) atoms. The van der Waals surface area contributed by atoms with Gasteiger partial charge in [-0.2, -0.15) is 0 Å². The number of rotatable bonds is 4. The summed E-state index contributed by atoms with van der Waals surface area (Å²) in [6, 6.07) is 14.5. The summed E-state index contributed by atoms with van der Waals surface area (Å²) in [5.41, 5.74) is 8.81. The highest BCUT2D eigenvalue weighted by molar-refractivity contribution is 5.80. The SMILES string of the molecule is CCC(N)Cn1c(-c2cccc(F)c2)nc2ccccc21. The average Bonchev–Trinajstić information content (AvgIpc) is 2.86. The first kappa shape index (κ1) is 13.8. The van der Waals surface area contributed by atoms with E-state index in [4.69, 9.17) is 5.73 Å². The van der Waals surface area contributed by atoms with Crippen molar-refractivity contribution in [1.82, 2.24) is 9.55 Å². The van der Waals surface area contributed by atoms with Gasteiger partial charge in [-0.25, -0.2) is 9.37 Å². The van der Waals surface area contributed by atoms with E-state index in [1.54, 1.807) is 6.07 Å². The summed E-state index contributed by atoms with van der Waals surface area (Å²) in [4.78, 5) is 4.65. The van der Waals surface area contributed by atoms with Gasteiger partial charge in [0.05, 0.1) is 11.0 Å². The number of nitrogens with zero attached hydrogens (tertiary/aromatic N) is 2. The van der Waals surface area contributed by atoms with E-state index in [-0.39, 0.29) is 11.9 Å². The number of hydrogen-bond acceptors (Lipinski definition) is 2. The number of para-hydroxylation sites is 2. The molecule has 1 atom stereocenters. The number of halogens is 1. The molecule has 3 nitrogen and oxygen atoms in total. The Kier molecular flexibility index (Phi) is 3.71. The smallest absolute Gasteiger partial charge is 0.141 e. The van der Waals surface area contributed by atoms with Crippen molar-refractivity contribution in [1.29, 1.82) is 0 Å². The minimum Gasteiger partial charge on any atom is -0.326 e. The van der Waals surface area contributed by atoms with Gasteiger partial charge in [0.2, 0.25) is 0 Å². The minimum absolute atomic E-state index is 0.0508. The lowest BCUT2D eigenvalue weighted by Gasteiger charge is -2.14. The van der Waals surface area contributed by atoms with Gasteiger partial charge in [0.25, 0.3) is 0 Å². The van der Waals surface area contributed by atoms with Crippen molar-refractivity contribution in [2.45, 2.75) is 25.9 Å². The van der Waals surface area contributed by atoms with E-state index >= 15 is 0 Å². The molecule has 4 heteroatoms. The zero-order chi connectivity index (χ0) is 14.8. The molecule has 0 radical (unpaired) electrons. The van der Waals surface area contributed by atoms with Gasteiger partial charge in [-0.15, -0.1) is 0 Å². The first-order valence-corrected chi connectivity index (χ1v) is 7.16. The molecular weight excluding hydrogens is 265 g/mol. The summed E-state index contributed by atoms with van der Waals surface area (Å²) in [5.74, 6) is 0.505. The fourth-order valence-corrected chi connectivity index (χ4v) is 2.47.